The van der Waals surface area contributed by atoms with Crippen LogP contribution in [0.2, 0.25) is 0 Å². The van der Waals surface area contributed by atoms with E-state index in [0.29, 0.717) is 66.1 Å². The van der Waals surface area contributed by atoms with E-state index in [-0.39, 0.29) is 48.5 Å². The number of aryl methyl sites for hydroxylation is 1. The van der Waals surface area contributed by atoms with E-state index in [2.05, 4.69) is 75.6 Å². The summed E-state index contributed by atoms with van der Waals surface area (Å²) in [4.78, 5) is 82.6. The van der Waals surface area contributed by atoms with Crippen LogP contribution in [0, 0.1) is 12.3 Å². The van der Waals surface area contributed by atoms with Gasteiger partial charge in [0.2, 0.25) is 18.2 Å². The molecule has 0 bridgehead atoms. The lowest BCUT2D eigenvalue weighted by atomic mass is 9.88. The summed E-state index contributed by atoms with van der Waals surface area (Å²) < 4.78 is 11.0. The van der Waals surface area contributed by atoms with Crippen LogP contribution in [-0.4, -0.2) is 158 Å². The molecule has 1 aromatic heterocycles. The number of piperidine rings is 1. The van der Waals surface area contributed by atoms with E-state index in [0.717, 1.165) is 120 Å². The number of carbonyl (C=O) groups excluding carboxylic acids is 5. The fraction of sp³-hybridized carbons (Fsp3) is 0.586. The third-order valence-electron chi connectivity index (χ3n) is 15.1. The van der Waals surface area contributed by atoms with E-state index in [1.165, 1.54) is 11.2 Å². The van der Waals surface area contributed by atoms with Crippen molar-refractivity contribution in [2.75, 3.05) is 60.6 Å². The zero-order valence-corrected chi connectivity index (χ0v) is 48.0. The first kappa shape index (κ1) is 61.8. The van der Waals surface area contributed by atoms with Crippen molar-refractivity contribution in [2.24, 2.45) is 21.1 Å². The zero-order chi connectivity index (χ0) is 55.9. The third-order valence-corrected chi connectivity index (χ3v) is 16.1. The molecule has 1 aliphatic carbocycles. The lowest BCUT2D eigenvalue weighted by Gasteiger charge is -2.45. The Hall–Kier alpha value is -6.02. The molecule has 2 aromatic carbocycles. The predicted octanol–water partition coefficient (Wildman–Crippen LogP) is 7.62. The highest BCUT2D eigenvalue weighted by molar-refractivity contribution is 7.13. The average molecular weight is 1080 g/mol. The number of aldehydes is 1. The Bertz CT molecular complexity index is 2440. The minimum Gasteiger partial charge on any atom is -0.494 e. The fourth-order valence-electron chi connectivity index (χ4n) is 9.98. The molecule has 3 saturated heterocycles. The van der Waals surface area contributed by atoms with Gasteiger partial charge in [-0.3, -0.25) is 19.2 Å². The van der Waals surface area contributed by atoms with Crippen molar-refractivity contribution in [3.8, 4) is 16.2 Å². The first-order valence-corrected chi connectivity index (χ1v) is 28.4. The van der Waals surface area contributed by atoms with Crippen molar-refractivity contribution in [3.05, 3.63) is 76.7 Å². The van der Waals surface area contributed by atoms with Gasteiger partial charge in [-0.05, 0) is 126 Å². The molecule has 7 rings (SSSR count). The van der Waals surface area contributed by atoms with E-state index in [9.17, 15) is 24.0 Å². The van der Waals surface area contributed by atoms with E-state index in [4.69, 9.17) is 20.2 Å². The van der Waals surface area contributed by atoms with E-state index in [1.807, 2.05) is 38.5 Å². The van der Waals surface area contributed by atoms with Crippen molar-refractivity contribution in [3.63, 3.8) is 0 Å². The summed E-state index contributed by atoms with van der Waals surface area (Å²) in [6.45, 7) is 17.8. The molecule has 1 saturated carbocycles. The SMILES string of the molecule is CCC1C(=O)N(C)/C(=C/N=CN)C(=Nc2ccc(C(=O)NC3CCN(CCCCCOCC=O)CC3)cc2OC)N1C1CCCC1.CNC(C)C(C)(C)C.Cc1ncsc1-c1ccc(CNC(=O)C2CCCN2C=O)cc1. The Kier molecular flexibility index (Phi) is 25.2. The first-order chi connectivity index (χ1) is 37.1. The highest BCUT2D eigenvalue weighted by atomic mass is 32.1. The Labute approximate surface area is 461 Å². The number of thiazole rings is 1. The number of piperazine rings is 1. The fourth-order valence-corrected chi connectivity index (χ4v) is 10.8. The molecule has 0 spiro atoms. The summed E-state index contributed by atoms with van der Waals surface area (Å²) in [7, 11) is 5.31. The zero-order valence-electron chi connectivity index (χ0n) is 47.2. The smallest absolute Gasteiger partial charge is 0.251 e. The first-order valence-electron chi connectivity index (χ1n) is 27.5. The molecule has 5 N–H and O–H groups in total. The van der Waals surface area contributed by atoms with Crippen LogP contribution < -0.4 is 26.4 Å². The minimum atomic E-state index is -0.331. The van der Waals surface area contributed by atoms with Crippen molar-refractivity contribution in [2.45, 2.75) is 155 Å². The molecule has 4 aliphatic rings. The number of nitrogens with two attached hydrogens (primary N) is 1. The van der Waals surface area contributed by atoms with Gasteiger partial charge in [0.25, 0.3) is 5.91 Å². The normalized spacial score (nSPS) is 20.0. The Morgan fingerprint density at radius 1 is 0.987 bits per heavy atom. The molecule has 3 atom stereocenters. The summed E-state index contributed by atoms with van der Waals surface area (Å²) in [6.07, 6.45) is 15.8. The number of nitrogens with zero attached hydrogens (tertiary/aromatic N) is 7. The second-order valence-electron chi connectivity index (χ2n) is 21.3. The van der Waals surface area contributed by atoms with Crippen LogP contribution in [0.1, 0.15) is 133 Å². The molecule has 3 unspecified atom stereocenters. The van der Waals surface area contributed by atoms with E-state index < -0.39 is 0 Å². The van der Waals surface area contributed by atoms with Crippen LogP contribution in [0.5, 0.6) is 5.75 Å². The van der Waals surface area contributed by atoms with Crippen LogP contribution in [0.25, 0.3) is 10.4 Å². The van der Waals surface area contributed by atoms with Gasteiger partial charge in [-0.2, -0.15) is 0 Å². The average Bonchev–Trinajstić information content (AvgIpc) is 4.25. The predicted molar refractivity (Wildman–Crippen MR) is 307 cm³/mol. The topological polar surface area (TPSA) is 216 Å². The number of benzene rings is 2. The molecule has 4 heterocycles. The molecule has 3 aliphatic heterocycles. The number of nitrogens with one attached hydrogen (secondary N) is 3. The maximum absolute atomic E-state index is 13.4. The van der Waals surface area contributed by atoms with E-state index >= 15 is 0 Å². The second-order valence-corrected chi connectivity index (χ2v) is 22.1. The molecule has 18 nitrogen and oxygen atoms in total. The standard InChI is InChI=1S/C34H51N7O5.C17H19N3O2S.C7H17N/c1-4-29-34(44)39(2)30(23-36-24-35)32(41(29)27-10-6-7-11-27)38-28-13-12-25(22-31(28)45-3)33(43)37-26-14-17-40(18-15-26)16-8-5-9-20-46-21-19-42;1-12-16(23-10-19-12)14-6-4-13(5-7-14)9-18-17(22)15-3-2-8-20(15)11-21;1-6(8-5)7(2,3)4/h12-13,19,22-24,26-27,29H,4-11,14-18,20-21H2,1-3H3,(H2,35,36)(H,37,43);4-7,10-11,15H,2-3,8-9H2,1H3,(H,18,22);6,8H,1-5H3/b30-23+,38-32?;;. The monoisotopic (exact) mass is 1080 g/mol. The summed E-state index contributed by atoms with van der Waals surface area (Å²) in [5.41, 5.74) is 12.7. The molecule has 3 aromatic rings. The van der Waals surface area contributed by atoms with Gasteiger partial charge in [0.1, 0.15) is 42.1 Å². The molecule has 4 amide bonds. The quantitative estimate of drug-likeness (QED) is 0.0351. The van der Waals surface area contributed by atoms with Gasteiger partial charge in [-0.15, -0.1) is 11.3 Å². The highest BCUT2D eigenvalue weighted by Gasteiger charge is 2.43. The van der Waals surface area contributed by atoms with Crippen LogP contribution in [0.4, 0.5) is 5.69 Å². The van der Waals surface area contributed by atoms with E-state index in [1.54, 1.807) is 59.7 Å². The number of rotatable bonds is 21. The largest absolute Gasteiger partial charge is 0.494 e. The summed E-state index contributed by atoms with van der Waals surface area (Å²) in [5, 5.41) is 9.34. The molecular weight excluding hydrogens is 995 g/mol. The van der Waals surface area contributed by atoms with Gasteiger partial charge in [-0.25, -0.2) is 15.0 Å². The summed E-state index contributed by atoms with van der Waals surface area (Å²) in [6, 6.07) is 13.7. The third kappa shape index (κ3) is 18.0. The molecule has 4 fully saturated rings. The molecule has 422 valence electrons. The van der Waals surface area contributed by atoms with Crippen molar-refractivity contribution in [1.29, 1.82) is 0 Å². The highest BCUT2D eigenvalue weighted by Crippen LogP contribution is 2.36. The lowest BCUT2D eigenvalue weighted by Crippen LogP contribution is -2.60. The van der Waals surface area contributed by atoms with Gasteiger partial charge >= 0.3 is 0 Å². The molecular formula is C58H87N11O7S. The number of carbonyl (C=O) groups is 5. The number of methoxy groups -OCH3 is 1. The number of unbranched alkanes of at least 4 members (excludes halogenated alkanes) is 2. The van der Waals surface area contributed by atoms with Crippen LogP contribution in [0.15, 0.2) is 69.9 Å². The maximum Gasteiger partial charge on any atom is 0.251 e. The Balaban J connectivity index is 0.000000290. The van der Waals surface area contributed by atoms with Gasteiger partial charge in [0.15, 0.2) is 5.84 Å². The van der Waals surface area contributed by atoms with Gasteiger partial charge in [0.05, 0.1) is 35.7 Å². The Morgan fingerprint density at radius 3 is 2.31 bits per heavy atom. The number of likely N-dealkylation sites (tertiary alicyclic amines) is 2. The number of amidine groups is 1. The number of aromatic nitrogens is 1. The lowest BCUT2D eigenvalue weighted by molar-refractivity contribution is -0.134. The molecule has 77 heavy (non-hydrogen) atoms. The van der Waals surface area contributed by atoms with Crippen LogP contribution in [0.3, 0.4) is 0 Å². The van der Waals surface area contributed by atoms with Gasteiger partial charge in [-0.1, -0.05) is 64.8 Å². The summed E-state index contributed by atoms with van der Waals surface area (Å²) >= 11 is 1.63. The van der Waals surface area contributed by atoms with Crippen molar-refractivity contribution < 1.29 is 33.4 Å². The number of amides is 4. The number of hydrogen-bond acceptors (Lipinski definition) is 13. The Morgan fingerprint density at radius 2 is 1.71 bits per heavy atom. The maximum atomic E-state index is 13.4. The van der Waals surface area contributed by atoms with Crippen molar-refractivity contribution in [1.82, 2.24) is 40.5 Å². The van der Waals surface area contributed by atoms with Crippen LogP contribution >= 0.6 is 11.3 Å². The summed E-state index contributed by atoms with van der Waals surface area (Å²) in [5.74, 6) is 0.934. The van der Waals surface area contributed by atoms with Gasteiger partial charge in [0, 0.05) is 63.5 Å². The van der Waals surface area contributed by atoms with Gasteiger partial charge < -0.3 is 55.6 Å². The molecule has 0 radical (unpaired) electrons. The number of likely N-dealkylation sites (N-methyl/N-ethyl adjacent to an activating group) is 1. The van der Waals surface area contributed by atoms with Crippen molar-refractivity contribution >= 4 is 59.6 Å². The number of hydrogen-bond donors (Lipinski definition) is 4. The van der Waals surface area contributed by atoms with Crippen LogP contribution in [-0.2, 0) is 30.5 Å². The number of ether oxygens (including phenoxy) is 2. The number of aliphatic imine (C=N–C) groups is 2. The molecule has 19 heteroatoms. The minimum absolute atomic E-state index is 0.00847. The second kappa shape index (κ2) is 31.4.